The molecule has 1 atom stereocenters. The summed E-state index contributed by atoms with van der Waals surface area (Å²) in [4.78, 5) is 11.7. The van der Waals surface area contributed by atoms with Crippen LogP contribution in [0.15, 0.2) is 24.5 Å². The molecule has 0 aliphatic heterocycles. The highest BCUT2D eigenvalue weighted by atomic mass is 127. The molecule has 1 aromatic heterocycles. The van der Waals surface area contributed by atoms with Gasteiger partial charge in [-0.2, -0.15) is 0 Å². The van der Waals surface area contributed by atoms with Crippen LogP contribution in [0.5, 0.6) is 0 Å². The summed E-state index contributed by atoms with van der Waals surface area (Å²) in [6, 6.07) is 3.39. The Kier molecular flexibility index (Phi) is 8.08. The Hall–Kier alpha value is -0.560. The molecular formula is C13H22IN3O. The molecule has 0 aliphatic carbocycles. The lowest BCUT2D eigenvalue weighted by Crippen LogP contribution is -2.43. The maximum Gasteiger partial charge on any atom is 0.238 e. The van der Waals surface area contributed by atoms with Crippen molar-refractivity contribution in [2.75, 3.05) is 11.0 Å². The van der Waals surface area contributed by atoms with Gasteiger partial charge < -0.3 is 15.6 Å². The van der Waals surface area contributed by atoms with Gasteiger partial charge in [-0.25, -0.2) is 0 Å². The third-order valence-corrected chi connectivity index (χ3v) is 3.53. The highest BCUT2D eigenvalue weighted by molar-refractivity contribution is 14.1. The van der Waals surface area contributed by atoms with Crippen LogP contribution < -0.4 is 11.1 Å². The standard InChI is InChI=1S/C13H22IN3O/c14-7-3-1-2-4-8-16-13(18)12(15)11-17-9-5-6-10-17/h5-6,9-10,12H,1-4,7-8,11,15H2,(H,16,18). The topological polar surface area (TPSA) is 60.0 Å². The normalized spacial score (nSPS) is 12.3. The summed E-state index contributed by atoms with van der Waals surface area (Å²) < 4.78 is 3.14. The van der Waals surface area contributed by atoms with Crippen LogP contribution in [0.3, 0.4) is 0 Å². The Labute approximate surface area is 122 Å². The molecule has 1 aromatic rings. The number of amides is 1. The summed E-state index contributed by atoms with van der Waals surface area (Å²) >= 11 is 2.39. The van der Waals surface area contributed by atoms with Crippen molar-refractivity contribution in [3.05, 3.63) is 24.5 Å². The molecule has 1 heterocycles. The van der Waals surface area contributed by atoms with E-state index in [1.54, 1.807) is 0 Å². The van der Waals surface area contributed by atoms with E-state index in [0.29, 0.717) is 6.54 Å². The average molecular weight is 363 g/mol. The first kappa shape index (κ1) is 15.5. The molecule has 0 aliphatic rings. The monoisotopic (exact) mass is 363 g/mol. The number of unbranched alkanes of at least 4 members (excludes halogenated alkanes) is 3. The fraction of sp³-hybridized carbons (Fsp3) is 0.615. The summed E-state index contributed by atoms with van der Waals surface area (Å²) in [5.41, 5.74) is 5.84. The Morgan fingerprint density at radius 3 is 2.56 bits per heavy atom. The SMILES string of the molecule is NC(Cn1cccc1)C(=O)NCCCCCCI. The van der Waals surface area contributed by atoms with Crippen molar-refractivity contribution in [3.8, 4) is 0 Å². The smallest absolute Gasteiger partial charge is 0.238 e. The largest absolute Gasteiger partial charge is 0.355 e. The van der Waals surface area contributed by atoms with Crippen LogP contribution in [0.25, 0.3) is 0 Å². The first-order chi connectivity index (χ1) is 8.74. The molecular weight excluding hydrogens is 341 g/mol. The van der Waals surface area contributed by atoms with E-state index in [2.05, 4.69) is 27.9 Å². The van der Waals surface area contributed by atoms with Gasteiger partial charge in [0.1, 0.15) is 6.04 Å². The quantitative estimate of drug-likeness (QED) is 0.400. The average Bonchev–Trinajstić information content (AvgIpc) is 2.86. The van der Waals surface area contributed by atoms with Gasteiger partial charge in [-0.1, -0.05) is 35.4 Å². The van der Waals surface area contributed by atoms with Crippen LogP contribution >= 0.6 is 22.6 Å². The summed E-state index contributed by atoms with van der Waals surface area (Å²) in [5, 5.41) is 2.89. The first-order valence-corrected chi connectivity index (χ1v) is 7.96. The van der Waals surface area contributed by atoms with Crippen molar-refractivity contribution >= 4 is 28.5 Å². The number of carbonyl (C=O) groups is 1. The van der Waals surface area contributed by atoms with E-state index >= 15 is 0 Å². The molecule has 0 bridgehead atoms. The van der Waals surface area contributed by atoms with Crippen molar-refractivity contribution in [1.82, 2.24) is 9.88 Å². The number of nitrogens with one attached hydrogen (secondary N) is 1. The molecule has 3 N–H and O–H groups in total. The minimum Gasteiger partial charge on any atom is -0.355 e. The van der Waals surface area contributed by atoms with Crippen LogP contribution in [-0.2, 0) is 11.3 Å². The van der Waals surface area contributed by atoms with Gasteiger partial charge in [0.15, 0.2) is 0 Å². The minimum absolute atomic E-state index is 0.0578. The number of aromatic nitrogens is 1. The van der Waals surface area contributed by atoms with E-state index < -0.39 is 6.04 Å². The van der Waals surface area contributed by atoms with E-state index in [1.807, 2.05) is 29.1 Å². The van der Waals surface area contributed by atoms with Gasteiger partial charge in [-0.05, 0) is 29.4 Å². The Bertz CT molecular complexity index is 327. The summed E-state index contributed by atoms with van der Waals surface area (Å²) in [5.74, 6) is -0.0578. The molecule has 0 aromatic carbocycles. The third-order valence-electron chi connectivity index (χ3n) is 2.77. The Balaban J connectivity index is 2.08. The minimum atomic E-state index is -0.466. The molecule has 1 unspecified atom stereocenters. The number of halogens is 1. The van der Waals surface area contributed by atoms with Gasteiger partial charge in [-0.15, -0.1) is 0 Å². The van der Waals surface area contributed by atoms with Crippen molar-refractivity contribution in [1.29, 1.82) is 0 Å². The van der Waals surface area contributed by atoms with Gasteiger partial charge in [0.25, 0.3) is 0 Å². The summed E-state index contributed by atoms with van der Waals surface area (Å²) in [6.45, 7) is 1.27. The fourth-order valence-electron chi connectivity index (χ4n) is 1.72. The molecule has 0 saturated carbocycles. The lowest BCUT2D eigenvalue weighted by Gasteiger charge is -2.13. The van der Waals surface area contributed by atoms with Crippen LogP contribution in [0.1, 0.15) is 25.7 Å². The molecule has 0 saturated heterocycles. The molecule has 4 nitrogen and oxygen atoms in total. The Morgan fingerprint density at radius 1 is 1.22 bits per heavy atom. The second-order valence-corrected chi connectivity index (χ2v) is 5.46. The second kappa shape index (κ2) is 9.38. The molecule has 5 heteroatoms. The maximum absolute atomic E-state index is 11.7. The molecule has 0 radical (unpaired) electrons. The molecule has 0 fully saturated rings. The fourth-order valence-corrected chi connectivity index (χ4v) is 2.26. The van der Waals surface area contributed by atoms with Crippen LogP contribution in [-0.4, -0.2) is 27.5 Å². The van der Waals surface area contributed by atoms with Crippen molar-refractivity contribution in [2.45, 2.75) is 38.3 Å². The molecule has 1 rings (SSSR count). The van der Waals surface area contributed by atoms with E-state index in [9.17, 15) is 4.79 Å². The highest BCUT2D eigenvalue weighted by Crippen LogP contribution is 2.01. The number of carbonyl (C=O) groups excluding carboxylic acids is 1. The van der Waals surface area contributed by atoms with E-state index in [4.69, 9.17) is 5.73 Å². The van der Waals surface area contributed by atoms with Crippen molar-refractivity contribution in [3.63, 3.8) is 0 Å². The number of alkyl halides is 1. The molecule has 0 spiro atoms. The lowest BCUT2D eigenvalue weighted by molar-refractivity contribution is -0.122. The van der Waals surface area contributed by atoms with Gasteiger partial charge >= 0.3 is 0 Å². The zero-order valence-electron chi connectivity index (χ0n) is 10.6. The van der Waals surface area contributed by atoms with Crippen LogP contribution in [0.4, 0.5) is 0 Å². The predicted molar refractivity (Wildman–Crippen MR) is 82.8 cm³/mol. The Morgan fingerprint density at radius 2 is 1.89 bits per heavy atom. The third kappa shape index (κ3) is 6.39. The van der Waals surface area contributed by atoms with E-state index in [0.717, 1.165) is 13.0 Å². The zero-order chi connectivity index (χ0) is 13.2. The molecule has 18 heavy (non-hydrogen) atoms. The van der Waals surface area contributed by atoms with Gasteiger partial charge in [0.05, 0.1) is 0 Å². The first-order valence-electron chi connectivity index (χ1n) is 6.44. The van der Waals surface area contributed by atoms with Crippen molar-refractivity contribution in [2.24, 2.45) is 5.73 Å². The number of hydrogen-bond acceptors (Lipinski definition) is 2. The molecule has 1 amide bonds. The number of nitrogens with zero attached hydrogens (tertiary/aromatic N) is 1. The zero-order valence-corrected chi connectivity index (χ0v) is 12.8. The summed E-state index contributed by atoms with van der Waals surface area (Å²) in [6.07, 6.45) is 8.55. The van der Waals surface area contributed by atoms with E-state index in [1.165, 1.54) is 23.7 Å². The van der Waals surface area contributed by atoms with Gasteiger partial charge in [0, 0.05) is 25.5 Å². The molecule has 102 valence electrons. The maximum atomic E-state index is 11.7. The predicted octanol–water partition coefficient (Wildman–Crippen LogP) is 1.93. The highest BCUT2D eigenvalue weighted by Gasteiger charge is 2.12. The summed E-state index contributed by atoms with van der Waals surface area (Å²) in [7, 11) is 0. The van der Waals surface area contributed by atoms with Crippen LogP contribution in [0.2, 0.25) is 0 Å². The number of hydrogen-bond donors (Lipinski definition) is 2. The lowest BCUT2D eigenvalue weighted by atomic mass is 10.2. The number of nitrogens with two attached hydrogens (primary N) is 1. The van der Waals surface area contributed by atoms with Crippen molar-refractivity contribution < 1.29 is 4.79 Å². The van der Waals surface area contributed by atoms with Crippen LogP contribution in [0, 0.1) is 0 Å². The van der Waals surface area contributed by atoms with E-state index in [-0.39, 0.29) is 5.91 Å². The van der Waals surface area contributed by atoms with Gasteiger partial charge in [0.2, 0.25) is 5.91 Å². The van der Waals surface area contributed by atoms with Gasteiger partial charge in [-0.3, -0.25) is 4.79 Å². The number of rotatable bonds is 9. The second-order valence-electron chi connectivity index (χ2n) is 4.38.